The van der Waals surface area contributed by atoms with Crippen molar-refractivity contribution in [1.29, 1.82) is 0 Å². The van der Waals surface area contributed by atoms with Crippen molar-refractivity contribution in [2.75, 3.05) is 29.9 Å². The number of pyridine rings is 1. The Hall–Kier alpha value is -2.56. The van der Waals surface area contributed by atoms with E-state index in [4.69, 9.17) is 0 Å². The zero-order chi connectivity index (χ0) is 16.5. The first-order valence-corrected chi connectivity index (χ1v) is 7.97. The summed E-state index contributed by atoms with van der Waals surface area (Å²) in [7, 11) is 0. The normalized spacial score (nSPS) is 10.2. The van der Waals surface area contributed by atoms with E-state index in [0.717, 1.165) is 24.3 Å². The predicted octanol–water partition coefficient (Wildman–Crippen LogP) is 2.66. The molecule has 0 saturated carbocycles. The molecule has 0 spiro atoms. The maximum atomic E-state index is 11.9. The number of anilines is 2. The van der Waals surface area contributed by atoms with Gasteiger partial charge in [0.25, 0.3) is 0 Å². The van der Waals surface area contributed by atoms with E-state index < -0.39 is 0 Å². The second-order valence-electron chi connectivity index (χ2n) is 5.21. The summed E-state index contributed by atoms with van der Waals surface area (Å²) in [4.78, 5) is 18.2. The summed E-state index contributed by atoms with van der Waals surface area (Å²) in [6, 6.07) is 11.9. The maximum Gasteiger partial charge on any atom is 0.239 e. The summed E-state index contributed by atoms with van der Waals surface area (Å²) in [5.41, 5.74) is 3.13. The molecule has 5 heteroatoms. The predicted molar refractivity (Wildman–Crippen MR) is 94.6 cm³/mol. The summed E-state index contributed by atoms with van der Waals surface area (Å²) < 4.78 is 0. The van der Waals surface area contributed by atoms with E-state index in [1.807, 2.05) is 24.3 Å². The molecule has 1 aromatic heterocycles. The molecule has 0 unspecified atom stereocenters. The van der Waals surface area contributed by atoms with Crippen molar-refractivity contribution in [1.82, 2.24) is 10.3 Å². The van der Waals surface area contributed by atoms with Crippen LogP contribution in [-0.2, 0) is 11.3 Å². The van der Waals surface area contributed by atoms with E-state index in [2.05, 4.69) is 46.5 Å². The first-order chi connectivity index (χ1) is 11.2. The van der Waals surface area contributed by atoms with E-state index in [1.165, 1.54) is 5.69 Å². The zero-order valence-electron chi connectivity index (χ0n) is 13.7. The van der Waals surface area contributed by atoms with Crippen LogP contribution in [0.5, 0.6) is 0 Å². The number of nitrogens with one attached hydrogen (secondary N) is 2. The van der Waals surface area contributed by atoms with Gasteiger partial charge < -0.3 is 15.5 Å². The van der Waals surface area contributed by atoms with Gasteiger partial charge in [0, 0.05) is 43.4 Å². The Balaban J connectivity index is 1.78. The molecule has 1 heterocycles. The molecule has 23 heavy (non-hydrogen) atoms. The van der Waals surface area contributed by atoms with Gasteiger partial charge >= 0.3 is 0 Å². The molecule has 1 aromatic carbocycles. The third kappa shape index (κ3) is 5.29. The summed E-state index contributed by atoms with van der Waals surface area (Å²) in [6.07, 6.45) is 3.47. The van der Waals surface area contributed by atoms with Crippen molar-refractivity contribution in [3.63, 3.8) is 0 Å². The minimum atomic E-state index is -0.0401. The SMILES string of the molecule is CCN(CC)c1ccc(NCC(=O)NCc2cccnc2)cc1. The monoisotopic (exact) mass is 312 g/mol. The van der Waals surface area contributed by atoms with Crippen molar-refractivity contribution in [3.05, 3.63) is 54.4 Å². The number of rotatable bonds is 8. The molecule has 2 aromatic rings. The van der Waals surface area contributed by atoms with Gasteiger partial charge in [0.05, 0.1) is 6.54 Å². The fourth-order valence-electron chi connectivity index (χ4n) is 2.33. The van der Waals surface area contributed by atoms with E-state index in [9.17, 15) is 4.79 Å². The summed E-state index contributed by atoms with van der Waals surface area (Å²) in [5, 5.41) is 6.00. The van der Waals surface area contributed by atoms with Crippen molar-refractivity contribution < 1.29 is 4.79 Å². The molecule has 5 nitrogen and oxygen atoms in total. The molecule has 0 aliphatic heterocycles. The lowest BCUT2D eigenvalue weighted by molar-refractivity contribution is -0.119. The number of amides is 1. The van der Waals surface area contributed by atoms with Crippen LogP contribution >= 0.6 is 0 Å². The van der Waals surface area contributed by atoms with Crippen LogP contribution in [0.1, 0.15) is 19.4 Å². The van der Waals surface area contributed by atoms with Crippen LogP contribution in [0.25, 0.3) is 0 Å². The minimum Gasteiger partial charge on any atom is -0.376 e. The van der Waals surface area contributed by atoms with Crippen molar-refractivity contribution in [2.45, 2.75) is 20.4 Å². The van der Waals surface area contributed by atoms with Crippen LogP contribution in [0.4, 0.5) is 11.4 Å². The highest BCUT2D eigenvalue weighted by molar-refractivity contribution is 5.80. The van der Waals surface area contributed by atoms with Gasteiger partial charge in [0.15, 0.2) is 0 Å². The lowest BCUT2D eigenvalue weighted by atomic mass is 10.2. The van der Waals surface area contributed by atoms with Crippen LogP contribution < -0.4 is 15.5 Å². The van der Waals surface area contributed by atoms with Gasteiger partial charge in [-0.05, 0) is 49.7 Å². The lowest BCUT2D eigenvalue weighted by Gasteiger charge is -2.21. The molecule has 0 aliphatic carbocycles. The zero-order valence-corrected chi connectivity index (χ0v) is 13.7. The second kappa shape index (κ2) is 8.78. The average molecular weight is 312 g/mol. The quantitative estimate of drug-likeness (QED) is 0.787. The highest BCUT2D eigenvalue weighted by Crippen LogP contribution is 2.17. The van der Waals surface area contributed by atoms with E-state index in [1.54, 1.807) is 12.4 Å². The molecule has 0 saturated heterocycles. The highest BCUT2D eigenvalue weighted by Gasteiger charge is 2.03. The third-order valence-electron chi connectivity index (χ3n) is 3.66. The highest BCUT2D eigenvalue weighted by atomic mass is 16.1. The van der Waals surface area contributed by atoms with Crippen molar-refractivity contribution in [2.24, 2.45) is 0 Å². The number of nitrogens with zero attached hydrogens (tertiary/aromatic N) is 2. The van der Waals surface area contributed by atoms with Gasteiger partial charge in [0.2, 0.25) is 5.91 Å². The first kappa shape index (κ1) is 16.8. The molecular weight excluding hydrogens is 288 g/mol. The molecule has 0 radical (unpaired) electrons. The van der Waals surface area contributed by atoms with Crippen LogP contribution in [0.15, 0.2) is 48.8 Å². The largest absolute Gasteiger partial charge is 0.376 e. The Morgan fingerprint density at radius 2 is 1.87 bits per heavy atom. The van der Waals surface area contributed by atoms with Gasteiger partial charge in [-0.2, -0.15) is 0 Å². The molecule has 122 valence electrons. The Morgan fingerprint density at radius 3 is 2.48 bits per heavy atom. The molecule has 0 fully saturated rings. The molecular formula is C18H24N4O. The average Bonchev–Trinajstić information content (AvgIpc) is 2.61. The van der Waals surface area contributed by atoms with Gasteiger partial charge in [0.1, 0.15) is 0 Å². The Bertz CT molecular complexity index is 594. The fourth-order valence-corrected chi connectivity index (χ4v) is 2.33. The molecule has 2 rings (SSSR count). The van der Waals surface area contributed by atoms with Gasteiger partial charge in [-0.1, -0.05) is 6.07 Å². The standard InChI is InChI=1S/C18H24N4O/c1-3-22(4-2)17-9-7-16(8-10-17)20-14-18(23)21-13-15-6-5-11-19-12-15/h5-12,20H,3-4,13-14H2,1-2H3,(H,21,23). The fraction of sp³-hybridized carbons (Fsp3) is 0.333. The van der Waals surface area contributed by atoms with Crippen molar-refractivity contribution in [3.8, 4) is 0 Å². The van der Waals surface area contributed by atoms with Gasteiger partial charge in [-0.3, -0.25) is 9.78 Å². The van der Waals surface area contributed by atoms with E-state index in [0.29, 0.717) is 6.54 Å². The topological polar surface area (TPSA) is 57.3 Å². The molecule has 0 aliphatic rings. The Kier molecular flexibility index (Phi) is 6.41. The lowest BCUT2D eigenvalue weighted by Crippen LogP contribution is -2.29. The van der Waals surface area contributed by atoms with E-state index in [-0.39, 0.29) is 12.5 Å². The first-order valence-electron chi connectivity index (χ1n) is 7.97. The van der Waals surface area contributed by atoms with Gasteiger partial charge in [-0.15, -0.1) is 0 Å². The number of hydrogen-bond donors (Lipinski definition) is 2. The number of aromatic nitrogens is 1. The van der Waals surface area contributed by atoms with E-state index >= 15 is 0 Å². The molecule has 0 atom stereocenters. The van der Waals surface area contributed by atoms with Gasteiger partial charge in [-0.25, -0.2) is 0 Å². The Morgan fingerprint density at radius 1 is 1.13 bits per heavy atom. The van der Waals surface area contributed by atoms with Crippen LogP contribution in [0.2, 0.25) is 0 Å². The van der Waals surface area contributed by atoms with Crippen LogP contribution in [-0.4, -0.2) is 30.5 Å². The summed E-state index contributed by atoms with van der Waals surface area (Å²) in [6.45, 7) is 7.00. The minimum absolute atomic E-state index is 0.0401. The third-order valence-corrected chi connectivity index (χ3v) is 3.66. The molecule has 2 N–H and O–H groups in total. The second-order valence-corrected chi connectivity index (χ2v) is 5.21. The van der Waals surface area contributed by atoms with Crippen LogP contribution in [0, 0.1) is 0 Å². The smallest absolute Gasteiger partial charge is 0.239 e. The van der Waals surface area contributed by atoms with Crippen molar-refractivity contribution >= 4 is 17.3 Å². The number of carbonyl (C=O) groups is 1. The number of benzene rings is 1. The Labute approximate surface area is 137 Å². The summed E-state index contributed by atoms with van der Waals surface area (Å²) in [5.74, 6) is -0.0401. The molecule has 1 amide bonds. The van der Waals surface area contributed by atoms with Crippen LogP contribution in [0.3, 0.4) is 0 Å². The number of hydrogen-bond acceptors (Lipinski definition) is 4. The summed E-state index contributed by atoms with van der Waals surface area (Å²) >= 11 is 0. The number of carbonyl (C=O) groups excluding carboxylic acids is 1. The maximum absolute atomic E-state index is 11.9. The molecule has 0 bridgehead atoms.